The molecule has 5 rings (SSSR count). The molecule has 520 valence electrons. The van der Waals surface area contributed by atoms with E-state index in [4.69, 9.17) is 4.74 Å². The first kappa shape index (κ1) is 83.1. The molecule has 0 aromatic carbocycles. The number of esters is 1. The molecule has 0 aliphatic heterocycles. The van der Waals surface area contributed by atoms with E-state index in [9.17, 15) is 19.5 Å². The van der Waals surface area contributed by atoms with E-state index in [2.05, 4.69) is 197 Å². The predicted molar refractivity (Wildman–Crippen MR) is 400 cm³/mol. The summed E-state index contributed by atoms with van der Waals surface area (Å²) in [4.78, 5) is 37.9. The van der Waals surface area contributed by atoms with E-state index in [0.29, 0.717) is 24.3 Å². The summed E-state index contributed by atoms with van der Waals surface area (Å²) >= 11 is 1.92. The number of allylic oxidation sites excluding steroid dienone is 21. The number of fused-ring (bicyclic) bond motifs is 7. The molecule has 0 aromatic heterocycles. The van der Waals surface area contributed by atoms with E-state index >= 15 is 0 Å². The van der Waals surface area contributed by atoms with E-state index in [-0.39, 0.29) is 74.1 Å². The van der Waals surface area contributed by atoms with Gasteiger partial charge in [-0.25, -0.2) is 4.79 Å². The molecular weight excluding hydrogens is 1180 g/mol. The molecule has 4 saturated carbocycles. The van der Waals surface area contributed by atoms with Crippen molar-refractivity contribution < 1.29 is 53.8 Å². The van der Waals surface area contributed by atoms with Gasteiger partial charge in [0.05, 0.1) is 5.97 Å². The van der Waals surface area contributed by atoms with Crippen LogP contribution in [0.25, 0.3) is 0 Å². The van der Waals surface area contributed by atoms with Crippen molar-refractivity contribution in [2.75, 3.05) is 18.1 Å². The summed E-state index contributed by atoms with van der Waals surface area (Å²) < 4.78 is 5.98. The van der Waals surface area contributed by atoms with Gasteiger partial charge in [-0.3, -0.25) is 4.79 Å². The number of carbonyl (C=O) groups is 3. The number of aliphatic carboxylic acids is 1. The fourth-order valence-electron chi connectivity index (χ4n) is 17.7. The molecule has 1 amide bonds. The third-order valence-electron chi connectivity index (χ3n) is 24.4. The van der Waals surface area contributed by atoms with Crippen LogP contribution < -0.4 is 40.0 Å². The maximum absolute atomic E-state index is 14.2. The van der Waals surface area contributed by atoms with Crippen molar-refractivity contribution in [2.45, 2.75) is 311 Å². The molecule has 0 heterocycles. The largest absolute Gasteiger partial charge is 1.00 e. The van der Waals surface area contributed by atoms with Crippen molar-refractivity contribution in [3.8, 4) is 0 Å². The van der Waals surface area contributed by atoms with Crippen LogP contribution in [0, 0.1) is 50.2 Å². The monoisotopic (exact) mass is 1320 g/mol. The molecule has 0 spiro atoms. The van der Waals surface area contributed by atoms with E-state index in [0.717, 1.165) is 171 Å². The summed E-state index contributed by atoms with van der Waals surface area (Å²) in [5.74, 6) is 1.43. The molecule has 9 atom stereocenters. The number of carbonyl (C=O) groups excluding carboxylic acids is 3. The molecule has 4 fully saturated rings. The van der Waals surface area contributed by atoms with Crippen molar-refractivity contribution in [1.82, 2.24) is 5.32 Å². The van der Waals surface area contributed by atoms with Crippen molar-refractivity contribution in [3.63, 3.8) is 0 Å². The Morgan fingerprint density at radius 3 is 1.36 bits per heavy atom. The van der Waals surface area contributed by atoms with Crippen molar-refractivity contribution in [2.24, 2.45) is 50.2 Å². The minimum absolute atomic E-state index is 0. The van der Waals surface area contributed by atoms with Crippen LogP contribution >= 0.6 is 11.8 Å². The number of nitrogens with one attached hydrogen (secondary N) is 1. The van der Waals surface area contributed by atoms with Crippen LogP contribution in [0.5, 0.6) is 0 Å². The summed E-state index contributed by atoms with van der Waals surface area (Å²) in [5.41, 5.74) is 16.5. The average Bonchev–Trinajstić information content (AvgIpc) is 0.681. The van der Waals surface area contributed by atoms with Gasteiger partial charge >= 0.3 is 35.5 Å². The molecule has 1 N–H and O–H groups in total. The van der Waals surface area contributed by atoms with Crippen LogP contribution in [0.4, 0.5) is 0 Å². The third kappa shape index (κ3) is 24.8. The molecule has 0 bridgehead atoms. The molecular formula is C86H134NNaO5S. The predicted octanol–water partition coefficient (Wildman–Crippen LogP) is 20.4. The van der Waals surface area contributed by atoms with Crippen molar-refractivity contribution in [3.05, 3.63) is 140 Å². The van der Waals surface area contributed by atoms with E-state index in [1.807, 2.05) is 11.8 Å². The number of hydrogen-bond donors (Lipinski definition) is 1. The zero-order chi connectivity index (χ0) is 68.6. The number of carboxylic acid groups (broad SMARTS) is 1. The Kier molecular flexibility index (Phi) is 34.8. The molecule has 0 saturated heterocycles. The Hall–Kier alpha value is -3.36. The number of ether oxygens (including phenoxy) is 1. The molecule has 2 unspecified atom stereocenters. The average molecular weight is 1320 g/mol. The Balaban J connectivity index is 0.0000188. The SMILES string of the molecule is CC(C)=CCC/C(C)=C/CC/C(C)=C/CC/C(C)=C/CC/C(C)=C/CC/C(C)=C/CC/C(C)=C/CC/C(C)=C/CC/C(C)=C/CC/C(C)=C/CSCCNC(=O)[C@]1(C)CC[C@]2(C)CC[C@]3(C)C(=CCC4[C@@]5(C)CC[C@H](OC(=O)/C=C/C(=O)[O-])C(C)(C)C5CC[C@]43C)[C@H]2C1.[Na+]. The van der Waals surface area contributed by atoms with Gasteiger partial charge < -0.3 is 20.0 Å². The maximum atomic E-state index is 14.2. The summed E-state index contributed by atoms with van der Waals surface area (Å²) in [6.07, 6.45) is 59.5. The number of carboxylic acids is 1. The fraction of sp³-hybridized carbons (Fsp3) is 0.686. The Bertz CT molecular complexity index is 2890. The minimum atomic E-state index is -1.39. The third-order valence-corrected chi connectivity index (χ3v) is 25.3. The second kappa shape index (κ2) is 39.4. The van der Waals surface area contributed by atoms with Gasteiger partial charge in [0.1, 0.15) is 6.10 Å². The van der Waals surface area contributed by atoms with Crippen LogP contribution in [0.15, 0.2) is 140 Å². The zero-order valence-corrected chi connectivity index (χ0v) is 66.5. The second-order valence-corrected chi connectivity index (χ2v) is 33.8. The Morgan fingerprint density at radius 2 is 0.936 bits per heavy atom. The van der Waals surface area contributed by atoms with E-state index in [1.165, 1.54) is 87.8 Å². The molecule has 0 radical (unpaired) electrons. The molecule has 6 nitrogen and oxygen atoms in total. The number of amides is 1. The quantitative estimate of drug-likeness (QED) is 0.0221. The molecule has 8 heteroatoms. The van der Waals surface area contributed by atoms with Crippen molar-refractivity contribution in [1.29, 1.82) is 0 Å². The van der Waals surface area contributed by atoms with Crippen LogP contribution in [0.3, 0.4) is 0 Å². The summed E-state index contributed by atoms with van der Waals surface area (Å²) in [5, 5.41) is 14.4. The van der Waals surface area contributed by atoms with Crippen LogP contribution in [-0.4, -0.2) is 42.0 Å². The van der Waals surface area contributed by atoms with Crippen molar-refractivity contribution >= 4 is 29.6 Å². The smallest absolute Gasteiger partial charge is 0.545 e. The van der Waals surface area contributed by atoms with Gasteiger partial charge in [0, 0.05) is 35.0 Å². The first-order valence-electron chi connectivity index (χ1n) is 37.1. The van der Waals surface area contributed by atoms with Gasteiger partial charge in [-0.2, -0.15) is 11.8 Å². The van der Waals surface area contributed by atoms with Crippen LogP contribution in [-0.2, 0) is 19.1 Å². The number of hydrogen-bond acceptors (Lipinski definition) is 6. The van der Waals surface area contributed by atoms with Gasteiger partial charge in [-0.05, 0) is 301 Å². The first-order chi connectivity index (χ1) is 43.9. The van der Waals surface area contributed by atoms with E-state index in [1.54, 1.807) is 5.57 Å². The zero-order valence-electron chi connectivity index (χ0n) is 63.7. The van der Waals surface area contributed by atoms with Gasteiger partial charge in [0.15, 0.2) is 0 Å². The molecule has 0 aromatic rings. The maximum Gasteiger partial charge on any atom is 1.00 e. The summed E-state index contributed by atoms with van der Waals surface area (Å²) in [7, 11) is 0. The van der Waals surface area contributed by atoms with Gasteiger partial charge in [-0.15, -0.1) is 0 Å². The Labute approximate surface area is 603 Å². The fourth-order valence-corrected chi connectivity index (χ4v) is 18.5. The number of rotatable bonds is 36. The van der Waals surface area contributed by atoms with Crippen LogP contribution in [0.1, 0.15) is 304 Å². The minimum Gasteiger partial charge on any atom is -0.545 e. The molecule has 94 heavy (non-hydrogen) atoms. The van der Waals surface area contributed by atoms with Gasteiger partial charge in [0.2, 0.25) is 5.91 Å². The molecule has 5 aliphatic carbocycles. The van der Waals surface area contributed by atoms with E-state index < -0.39 is 11.9 Å². The Morgan fingerprint density at radius 1 is 0.521 bits per heavy atom. The standard InChI is InChI=1S/C86H135NO5S.Na/c1-63(2)28-19-29-64(3)30-20-31-65(4)32-21-33-66(5)34-22-35-67(6)36-23-37-68(7)38-24-39-69(8)40-25-41-70(9)42-26-43-71(10)44-27-45-72(11)52-60-93-61-59-87-80(91)83(15)56-55-82(14)57-58-85(17)73(74(82)62-83)46-47-76-84(16)53-51-77(92-79(90)49-48-78(88)89)81(12,13)75(84)50-54-86(76,85)18;/h28,30,32,34,36,38,40,42,44,46,48-49,52,74-77H,19-27,29,31,33,35,37,39,41,43,45,47,50-51,53-62H2,1-18H3,(H,87,91)(H,88,89);/q;+1/p-1/b49-48+,64-30+,65-32+,66-34+,67-36+,68-38+,69-40+,70-42+,71-44+,72-52+;/t74-,75?,76?,77+,82-,83-,84+,85-,86-;/m1./s1. The normalized spacial score (nSPS) is 28.7. The number of thioether (sulfide) groups is 1. The summed E-state index contributed by atoms with van der Waals surface area (Å²) in [6, 6.07) is 0. The molecule has 5 aliphatic rings. The van der Waals surface area contributed by atoms with Gasteiger partial charge in [0.25, 0.3) is 0 Å². The van der Waals surface area contributed by atoms with Gasteiger partial charge in [-0.1, -0.05) is 177 Å². The second-order valence-electron chi connectivity index (χ2n) is 32.6. The first-order valence-corrected chi connectivity index (χ1v) is 38.2. The van der Waals surface area contributed by atoms with Crippen LogP contribution in [0.2, 0.25) is 0 Å². The topological polar surface area (TPSA) is 95.5 Å². The summed E-state index contributed by atoms with van der Waals surface area (Å²) in [6.45, 7) is 42.8.